The van der Waals surface area contributed by atoms with Crippen molar-refractivity contribution in [1.82, 2.24) is 9.66 Å². The first-order valence-electron chi connectivity index (χ1n) is 11.8. The molecule has 0 heterocycles. The summed E-state index contributed by atoms with van der Waals surface area (Å²) < 4.78 is 52.0. The van der Waals surface area contributed by atoms with Crippen LogP contribution in [0.3, 0.4) is 0 Å². The third kappa shape index (κ3) is 4.57. The molecule has 2 N–H and O–H groups in total. The van der Waals surface area contributed by atoms with E-state index < -0.39 is 20.0 Å². The molecule has 0 saturated heterocycles. The average Bonchev–Trinajstić information content (AvgIpc) is 3.18. The fourth-order valence-corrected chi connectivity index (χ4v) is 6.12. The van der Waals surface area contributed by atoms with E-state index in [0.717, 1.165) is 33.0 Å². The lowest BCUT2D eigenvalue weighted by Gasteiger charge is -2.08. The third-order valence-corrected chi connectivity index (χ3v) is 8.98. The average molecular weight is 547 g/mol. The zero-order valence-electron chi connectivity index (χ0n) is 21.3. The molecule has 8 nitrogen and oxygen atoms in total. The maximum Gasteiger partial charge on any atom is 0.276 e. The zero-order chi connectivity index (χ0) is 27.2. The second kappa shape index (κ2) is 9.38. The summed E-state index contributed by atoms with van der Waals surface area (Å²) in [7, 11) is -7.96. The Labute approximate surface area is 222 Å². The van der Waals surface area contributed by atoms with E-state index in [-0.39, 0.29) is 21.2 Å². The molecule has 1 aliphatic rings. The summed E-state index contributed by atoms with van der Waals surface area (Å²) in [5, 5.41) is 10.4. The summed E-state index contributed by atoms with van der Waals surface area (Å²) in [6.45, 7) is 7.71. The lowest BCUT2D eigenvalue weighted by Crippen LogP contribution is -2.26. The number of nitrogens with zero attached hydrogens (tertiary/aromatic N) is 2. The molecule has 0 saturated carbocycles. The van der Waals surface area contributed by atoms with Crippen LogP contribution in [-0.4, -0.2) is 28.3 Å². The van der Waals surface area contributed by atoms with Crippen molar-refractivity contribution in [3.8, 4) is 0 Å². The monoisotopic (exact) mass is 546 g/mol. The summed E-state index contributed by atoms with van der Waals surface area (Å²) in [6, 6.07) is 20.3. The highest BCUT2D eigenvalue weighted by atomic mass is 32.2. The maximum absolute atomic E-state index is 13.0. The normalized spacial score (nSPS) is 15.4. The Morgan fingerprint density at radius 1 is 0.500 bits per heavy atom. The Morgan fingerprint density at radius 3 is 1.24 bits per heavy atom. The molecule has 0 unspecified atom stereocenters. The highest BCUT2D eigenvalue weighted by Crippen LogP contribution is 2.35. The molecule has 0 aliphatic heterocycles. The van der Waals surface area contributed by atoms with Gasteiger partial charge in [0.2, 0.25) is 0 Å². The molecule has 0 radical (unpaired) electrons. The predicted molar refractivity (Wildman–Crippen MR) is 149 cm³/mol. The molecule has 4 aromatic carbocycles. The van der Waals surface area contributed by atoms with E-state index in [2.05, 4.69) is 19.9 Å². The lowest BCUT2D eigenvalue weighted by molar-refractivity contribution is 0.582. The molecule has 0 spiro atoms. The van der Waals surface area contributed by atoms with E-state index in [4.69, 9.17) is 0 Å². The minimum atomic E-state index is -3.98. The van der Waals surface area contributed by atoms with Crippen LogP contribution in [0.15, 0.2) is 92.8 Å². The number of rotatable bonds is 6. The lowest BCUT2D eigenvalue weighted by atomic mass is 9.97. The van der Waals surface area contributed by atoms with Gasteiger partial charge in [-0.05, 0) is 68.5 Å². The van der Waals surface area contributed by atoms with Crippen LogP contribution in [0.5, 0.6) is 0 Å². The number of hydrogen-bond acceptors (Lipinski definition) is 6. The van der Waals surface area contributed by atoms with Gasteiger partial charge in [-0.25, -0.2) is 0 Å². The fraction of sp³-hybridized carbons (Fsp3) is 0.143. The van der Waals surface area contributed by atoms with Gasteiger partial charge < -0.3 is 0 Å². The second-order valence-electron chi connectivity index (χ2n) is 9.35. The van der Waals surface area contributed by atoms with E-state index >= 15 is 0 Å². The van der Waals surface area contributed by atoms with Gasteiger partial charge in [0.15, 0.2) is 0 Å². The zero-order valence-corrected chi connectivity index (χ0v) is 22.9. The molecule has 194 valence electrons. The minimum absolute atomic E-state index is 0.0615. The summed E-state index contributed by atoms with van der Waals surface area (Å²) in [4.78, 5) is 4.74. The van der Waals surface area contributed by atoms with Crippen molar-refractivity contribution in [3.63, 3.8) is 0 Å². The molecule has 0 fully saturated rings. The van der Waals surface area contributed by atoms with Crippen molar-refractivity contribution in [2.45, 2.75) is 37.5 Å². The largest absolute Gasteiger partial charge is 0.276 e. The first kappa shape index (κ1) is 25.6. The van der Waals surface area contributed by atoms with Crippen LogP contribution >= 0.6 is 0 Å². The third-order valence-electron chi connectivity index (χ3n) is 6.53. The molecule has 10 heteroatoms. The minimum Gasteiger partial charge on any atom is -0.200 e. The topological polar surface area (TPSA) is 117 Å². The molecule has 38 heavy (non-hydrogen) atoms. The standard InChI is InChI=1S/C28H26N4O4S2/c1-17-5-11-21(12-6-17)37(33,34)31-29-27-23-15-9-19(3)25-20(4)10-16-24(26(23)25)28(27)30-32-38(35,36)22-13-7-18(2)8-14-22/h5-16,31-32H,1-4H3/b29-27-,30-28+. The number of benzene rings is 4. The Balaban J connectivity index is 1.63. The van der Waals surface area contributed by atoms with Crippen molar-refractivity contribution in [2.75, 3.05) is 0 Å². The van der Waals surface area contributed by atoms with Crippen molar-refractivity contribution >= 4 is 42.2 Å². The molecule has 0 bridgehead atoms. The van der Waals surface area contributed by atoms with Gasteiger partial charge in [-0.1, -0.05) is 59.7 Å². The molecule has 0 amide bonds. The number of nitrogens with one attached hydrogen (secondary N) is 2. The number of hydrogen-bond donors (Lipinski definition) is 2. The summed E-state index contributed by atoms with van der Waals surface area (Å²) in [6.07, 6.45) is 0. The molecular weight excluding hydrogens is 520 g/mol. The first-order chi connectivity index (χ1) is 18.0. The van der Waals surface area contributed by atoms with Crippen LogP contribution in [-0.2, 0) is 20.0 Å². The summed E-state index contributed by atoms with van der Waals surface area (Å²) in [5.41, 5.74) is 5.67. The van der Waals surface area contributed by atoms with Crippen molar-refractivity contribution < 1.29 is 16.8 Å². The van der Waals surface area contributed by atoms with E-state index in [1.807, 2.05) is 52.0 Å². The van der Waals surface area contributed by atoms with Crippen LogP contribution in [0.2, 0.25) is 0 Å². The van der Waals surface area contributed by atoms with Gasteiger partial charge in [0.05, 0.1) is 9.79 Å². The van der Waals surface area contributed by atoms with Crippen LogP contribution < -0.4 is 9.66 Å². The number of hydrazone groups is 2. The van der Waals surface area contributed by atoms with Gasteiger partial charge in [-0.2, -0.15) is 36.7 Å². The Kier molecular flexibility index (Phi) is 6.32. The Bertz CT molecular complexity index is 1720. The van der Waals surface area contributed by atoms with Crippen molar-refractivity contribution in [2.24, 2.45) is 10.2 Å². The van der Waals surface area contributed by atoms with Crippen molar-refractivity contribution in [3.05, 3.63) is 106 Å². The van der Waals surface area contributed by atoms with E-state index in [1.54, 1.807) is 24.3 Å². The van der Waals surface area contributed by atoms with Crippen LogP contribution in [0.4, 0.5) is 0 Å². The number of aryl methyl sites for hydroxylation is 4. The highest BCUT2D eigenvalue weighted by molar-refractivity contribution is 7.89. The van der Waals surface area contributed by atoms with E-state index in [1.165, 1.54) is 24.3 Å². The fourth-order valence-electron chi connectivity index (χ4n) is 4.50. The van der Waals surface area contributed by atoms with Crippen LogP contribution in [0.25, 0.3) is 10.8 Å². The second-order valence-corrected chi connectivity index (χ2v) is 12.7. The predicted octanol–water partition coefficient (Wildman–Crippen LogP) is 4.45. The quantitative estimate of drug-likeness (QED) is 0.348. The maximum atomic E-state index is 13.0. The smallest absolute Gasteiger partial charge is 0.200 e. The molecule has 5 rings (SSSR count). The molecule has 1 aliphatic carbocycles. The summed E-state index contributed by atoms with van der Waals surface area (Å²) >= 11 is 0. The van der Waals surface area contributed by atoms with Crippen molar-refractivity contribution in [1.29, 1.82) is 0 Å². The highest BCUT2D eigenvalue weighted by Gasteiger charge is 2.30. The Morgan fingerprint density at radius 2 is 0.868 bits per heavy atom. The van der Waals surface area contributed by atoms with Gasteiger partial charge in [-0.15, -0.1) is 0 Å². The van der Waals surface area contributed by atoms with E-state index in [9.17, 15) is 16.8 Å². The summed E-state index contributed by atoms with van der Waals surface area (Å²) in [5.74, 6) is 0. The van der Waals surface area contributed by atoms with Gasteiger partial charge in [0.25, 0.3) is 20.0 Å². The van der Waals surface area contributed by atoms with Gasteiger partial charge in [-0.3, -0.25) is 0 Å². The SMILES string of the molecule is Cc1ccc(S(=O)(=O)N/N=C2\C(=N\NS(=O)(=O)c3ccc(C)cc3)c3ccc(C)c4c(C)ccc2c34)cc1. The van der Waals surface area contributed by atoms with Crippen LogP contribution in [0, 0.1) is 27.7 Å². The Hall–Kier alpha value is -4.02. The van der Waals surface area contributed by atoms with E-state index in [0.29, 0.717) is 11.1 Å². The van der Waals surface area contributed by atoms with Crippen LogP contribution in [0.1, 0.15) is 33.4 Å². The molecule has 0 atom stereocenters. The van der Waals surface area contributed by atoms with Gasteiger partial charge in [0, 0.05) is 16.5 Å². The molecular formula is C28H26N4O4S2. The molecule has 0 aromatic heterocycles. The van der Waals surface area contributed by atoms with Gasteiger partial charge >= 0.3 is 0 Å². The number of sulfonamides is 2. The first-order valence-corrected chi connectivity index (χ1v) is 14.8. The van der Waals surface area contributed by atoms with Gasteiger partial charge in [0.1, 0.15) is 11.4 Å². The molecule has 4 aromatic rings.